The molecule has 0 spiro atoms. The fraction of sp³-hybridized carbons (Fsp3) is 0.870. The molecule has 0 aromatic rings. The molecule has 0 saturated carbocycles. The van der Waals surface area contributed by atoms with Gasteiger partial charge >= 0.3 is 13.8 Å². The number of methoxy groups -OCH3 is 2. The molecule has 4 rings (SSSR count). The number of hydrogen-bond acceptors (Lipinski definition) is 16. The van der Waals surface area contributed by atoms with E-state index >= 15 is 0 Å². The number of carbonyl (C=O) groups is 2. The second kappa shape index (κ2) is 27.0. The molecule has 7 N–H and O–H groups in total. The predicted molar refractivity (Wildman–Crippen MR) is 243 cm³/mol. The van der Waals surface area contributed by atoms with Crippen LogP contribution in [0.3, 0.4) is 0 Å². The standard InChI is InChI=1S/C46H80N2O13.H3O4P/c1-13-36-33(24-57-46-44(56-12)43(55-11)40(53)31(8)59-46)19-25(2)14-15-34(49)28(5)20-32(16-17-48-22-26(3)18-27(4)23-48)42(29(6)35(50)21-37(51)60-36)61-45-41(54)38(47(9)10)39(52)30(7)58-45;1-5(2,3)4/h14-15,19,26-33,35-36,38-46,50,52-54H,13,16-18,20-24H2,1-12H3;(H3,1,2,3,4)/b15-14-,25-19-;/t26-,27+,28-,29+,30-,31-,32+,33-,35-,36-,38+,39-,40-,41-,42-,43-,44-,45?,46-;/m1./s1. The quantitative estimate of drug-likeness (QED) is 0.109. The van der Waals surface area contributed by atoms with E-state index in [0.29, 0.717) is 31.1 Å². The van der Waals surface area contributed by atoms with Crippen LogP contribution >= 0.6 is 7.82 Å². The van der Waals surface area contributed by atoms with Gasteiger partial charge in [-0.3, -0.25) is 9.59 Å². The van der Waals surface area contributed by atoms with E-state index in [0.717, 1.165) is 25.2 Å². The lowest BCUT2D eigenvalue weighted by atomic mass is 9.79. The first-order valence-corrected chi connectivity index (χ1v) is 25.0. The van der Waals surface area contributed by atoms with Crippen molar-refractivity contribution in [3.05, 3.63) is 23.8 Å². The van der Waals surface area contributed by atoms with Crippen LogP contribution in [0.4, 0.5) is 0 Å². The highest BCUT2D eigenvalue weighted by Gasteiger charge is 2.48. The number of likely N-dealkylation sites (N-methyl/N-ethyl adjacent to an activating group) is 1. The zero-order chi connectivity index (χ0) is 49.8. The van der Waals surface area contributed by atoms with Crippen molar-refractivity contribution in [2.45, 2.75) is 167 Å². The Morgan fingerprint density at radius 3 is 1.95 bits per heavy atom. The normalized spacial score (nSPS) is 41.9. The van der Waals surface area contributed by atoms with Crippen molar-refractivity contribution >= 4 is 19.6 Å². The van der Waals surface area contributed by atoms with E-state index in [1.165, 1.54) is 20.6 Å². The largest absolute Gasteiger partial charge is 0.466 e. The molecule has 19 nitrogen and oxygen atoms in total. The van der Waals surface area contributed by atoms with Gasteiger partial charge in [0, 0.05) is 45.1 Å². The molecule has 0 radical (unpaired) electrons. The number of hydrogen-bond donors (Lipinski definition) is 7. The molecule has 66 heavy (non-hydrogen) atoms. The molecular formula is C46H83N2O17P. The Bertz CT molecular complexity index is 1580. The van der Waals surface area contributed by atoms with Gasteiger partial charge in [0.05, 0.1) is 49.6 Å². The molecule has 3 fully saturated rings. The van der Waals surface area contributed by atoms with Crippen molar-refractivity contribution in [1.29, 1.82) is 0 Å². The number of piperidine rings is 1. The molecular weight excluding hydrogens is 883 g/mol. The Morgan fingerprint density at radius 1 is 0.818 bits per heavy atom. The highest BCUT2D eigenvalue weighted by molar-refractivity contribution is 7.45. The molecule has 3 saturated heterocycles. The Labute approximate surface area is 392 Å². The van der Waals surface area contributed by atoms with E-state index in [1.54, 1.807) is 45.0 Å². The molecule has 0 aromatic carbocycles. The molecule has 0 bridgehead atoms. The number of phosphoric acid groups is 1. The summed E-state index contributed by atoms with van der Waals surface area (Å²) in [6, 6.07) is -0.684. The summed E-state index contributed by atoms with van der Waals surface area (Å²) in [5, 5.41) is 45.3. The zero-order valence-electron chi connectivity index (χ0n) is 41.1. The number of ether oxygens (including phenoxy) is 7. The second-order valence-electron chi connectivity index (χ2n) is 19.5. The lowest BCUT2D eigenvalue weighted by Crippen LogP contribution is -2.63. The van der Waals surface area contributed by atoms with Crippen LogP contribution in [0.1, 0.15) is 87.5 Å². The van der Waals surface area contributed by atoms with E-state index in [-0.39, 0.29) is 24.7 Å². The third-order valence-electron chi connectivity index (χ3n) is 13.5. The molecule has 4 heterocycles. The van der Waals surface area contributed by atoms with Gasteiger partial charge in [0.2, 0.25) is 0 Å². The molecule has 1 unspecified atom stereocenters. The molecule has 0 aliphatic carbocycles. The van der Waals surface area contributed by atoms with Gasteiger partial charge in [-0.1, -0.05) is 52.3 Å². The molecule has 4 aliphatic heterocycles. The first-order valence-electron chi connectivity index (χ1n) is 23.4. The van der Waals surface area contributed by atoms with Crippen molar-refractivity contribution in [2.24, 2.45) is 35.5 Å². The highest BCUT2D eigenvalue weighted by Crippen LogP contribution is 2.36. The number of likely N-dealkylation sites (tertiary alicyclic amines) is 1. The van der Waals surface area contributed by atoms with Crippen LogP contribution in [-0.4, -0.2) is 191 Å². The summed E-state index contributed by atoms with van der Waals surface area (Å²) in [6.07, 6.45) is -2.96. The lowest BCUT2D eigenvalue weighted by Gasteiger charge is -2.47. The number of nitrogens with zero attached hydrogens (tertiary/aromatic N) is 2. The van der Waals surface area contributed by atoms with E-state index in [9.17, 15) is 30.0 Å². The third-order valence-corrected chi connectivity index (χ3v) is 13.5. The van der Waals surface area contributed by atoms with Crippen molar-refractivity contribution in [1.82, 2.24) is 9.80 Å². The SMILES string of the molecule is CC[C@H]1OC(=O)C[C@@H](O)[C@H](C)[C@@H](OC2O[C@H](C)[C@@H](O)[C@H](N(C)C)[C@H]2O)[C@@H](CCN2C[C@H](C)C[C@H](C)C2)C[C@@H](C)C(=O)/C=C\C(C)=C/[C@@H]1CO[C@@H]1O[C@H](C)[C@@H](O)[C@@H](OC)[C@H]1OC.O=P(O)(O)O. The molecule has 19 atom stereocenters. The van der Waals surface area contributed by atoms with Gasteiger partial charge in [0.25, 0.3) is 0 Å². The summed E-state index contributed by atoms with van der Waals surface area (Å²) in [5.74, 6) is -1.46. The van der Waals surface area contributed by atoms with Crippen LogP contribution in [0.5, 0.6) is 0 Å². The summed E-state index contributed by atoms with van der Waals surface area (Å²) in [7, 11) is 1.90. The van der Waals surface area contributed by atoms with Crippen LogP contribution in [0.2, 0.25) is 0 Å². The topological polar surface area (TPSA) is 264 Å². The summed E-state index contributed by atoms with van der Waals surface area (Å²) in [4.78, 5) is 53.6. The first-order chi connectivity index (χ1) is 30.8. The minimum Gasteiger partial charge on any atom is -0.462 e. The van der Waals surface area contributed by atoms with Gasteiger partial charge in [-0.2, -0.15) is 0 Å². The van der Waals surface area contributed by atoms with Gasteiger partial charge in [-0.25, -0.2) is 4.57 Å². The predicted octanol–water partition coefficient (Wildman–Crippen LogP) is 2.41. The van der Waals surface area contributed by atoms with Crippen LogP contribution < -0.4 is 0 Å². The third kappa shape index (κ3) is 17.6. The monoisotopic (exact) mass is 967 g/mol. The number of ketones is 1. The molecule has 4 aliphatic rings. The first kappa shape index (κ1) is 58.6. The average molecular weight is 967 g/mol. The van der Waals surface area contributed by atoms with E-state index < -0.39 is 111 Å². The second-order valence-corrected chi connectivity index (χ2v) is 20.5. The fourth-order valence-corrected chi connectivity index (χ4v) is 10.0. The number of carbonyl (C=O) groups excluding carboxylic acids is 2. The minimum atomic E-state index is -4.64. The summed E-state index contributed by atoms with van der Waals surface area (Å²) >= 11 is 0. The van der Waals surface area contributed by atoms with Gasteiger partial charge in [-0.05, 0) is 90.9 Å². The molecule has 20 heteroatoms. The number of aliphatic hydroxyl groups excluding tert-OH is 4. The van der Waals surface area contributed by atoms with Gasteiger partial charge in [-0.15, -0.1) is 0 Å². The van der Waals surface area contributed by atoms with E-state index in [1.807, 2.05) is 33.8 Å². The van der Waals surface area contributed by atoms with Gasteiger partial charge < -0.3 is 78.1 Å². The number of esters is 1. The number of rotatable bonds is 12. The van der Waals surface area contributed by atoms with E-state index in [4.69, 9.17) is 52.4 Å². The summed E-state index contributed by atoms with van der Waals surface area (Å²) in [6.45, 7) is 18.2. The van der Waals surface area contributed by atoms with Crippen LogP contribution in [0, 0.1) is 35.5 Å². The highest BCUT2D eigenvalue weighted by atomic mass is 31.2. The Kier molecular flexibility index (Phi) is 24.0. The zero-order valence-corrected chi connectivity index (χ0v) is 42.0. The Morgan fingerprint density at radius 2 is 1.39 bits per heavy atom. The van der Waals surface area contributed by atoms with Crippen molar-refractivity contribution in [3.8, 4) is 0 Å². The van der Waals surface area contributed by atoms with Crippen molar-refractivity contribution in [3.63, 3.8) is 0 Å². The van der Waals surface area contributed by atoms with Crippen LogP contribution in [0.15, 0.2) is 23.8 Å². The average Bonchev–Trinajstić information content (AvgIpc) is 3.22. The van der Waals surface area contributed by atoms with Crippen LogP contribution in [0.25, 0.3) is 0 Å². The number of aliphatic hydroxyl groups is 4. The van der Waals surface area contributed by atoms with Crippen molar-refractivity contribution in [2.75, 3.05) is 54.6 Å². The number of allylic oxidation sites excluding steroid dienone is 3. The van der Waals surface area contributed by atoms with Gasteiger partial charge in [0.15, 0.2) is 18.4 Å². The molecule has 0 amide bonds. The summed E-state index contributed by atoms with van der Waals surface area (Å²) in [5.41, 5.74) is 0.761. The summed E-state index contributed by atoms with van der Waals surface area (Å²) < 4.78 is 51.5. The van der Waals surface area contributed by atoms with E-state index in [2.05, 4.69) is 18.7 Å². The Hall–Kier alpha value is -1.75. The van der Waals surface area contributed by atoms with Crippen molar-refractivity contribution < 1.29 is 82.4 Å². The maximum absolute atomic E-state index is 14.0. The lowest BCUT2D eigenvalue weighted by molar-refractivity contribution is -0.304. The molecule has 384 valence electrons. The fourth-order valence-electron chi connectivity index (χ4n) is 10.0. The smallest absolute Gasteiger partial charge is 0.462 e. The number of cyclic esters (lactones) is 1. The van der Waals surface area contributed by atoms with Gasteiger partial charge in [0.1, 0.15) is 30.5 Å². The maximum Gasteiger partial charge on any atom is 0.466 e. The van der Waals surface area contributed by atoms with Crippen LogP contribution in [-0.2, 0) is 47.3 Å². The minimum absolute atomic E-state index is 0.0427. The maximum atomic E-state index is 14.0. The Balaban J connectivity index is 0.00000219. The molecule has 0 aromatic heterocycles.